The molecule has 0 radical (unpaired) electrons. The largest absolute Gasteiger partial charge is 0.465 e. The highest BCUT2D eigenvalue weighted by atomic mass is 35.5. The molecule has 0 fully saturated rings. The quantitative estimate of drug-likeness (QED) is 0.203. The van der Waals surface area contributed by atoms with Gasteiger partial charge < -0.3 is 4.74 Å². The van der Waals surface area contributed by atoms with Crippen LogP contribution in [-0.4, -0.2) is 41.2 Å². The van der Waals surface area contributed by atoms with E-state index in [1.54, 1.807) is 36.0 Å². The minimum absolute atomic E-state index is 0.169. The van der Waals surface area contributed by atoms with Crippen LogP contribution in [0.2, 0.25) is 5.02 Å². The molecule has 0 aliphatic rings. The topological polar surface area (TPSA) is 93.5 Å². The second-order valence-corrected chi connectivity index (χ2v) is 9.74. The van der Waals surface area contributed by atoms with Crippen LogP contribution in [0.3, 0.4) is 0 Å². The molecular weight excluding hydrogens is 476 g/mol. The van der Waals surface area contributed by atoms with Crippen LogP contribution < -0.4 is 5.43 Å². The van der Waals surface area contributed by atoms with E-state index in [1.807, 2.05) is 24.3 Å². The Morgan fingerprint density at radius 3 is 2.55 bits per heavy atom. The smallest absolute Gasteiger partial charge is 0.337 e. The lowest BCUT2D eigenvalue weighted by Gasteiger charge is -2.00. The average Bonchev–Trinajstić information content (AvgIpc) is 3.25. The van der Waals surface area contributed by atoms with Crippen LogP contribution in [0.5, 0.6) is 0 Å². The summed E-state index contributed by atoms with van der Waals surface area (Å²) in [6.07, 6.45) is 1.50. The maximum atomic E-state index is 12.0. The number of hydrogen-bond donors (Lipinski definition) is 1. The number of ether oxygens (including phenoxy) is 1. The van der Waals surface area contributed by atoms with Gasteiger partial charge in [0, 0.05) is 10.8 Å². The molecule has 1 N–H and O–H groups in total. The number of amides is 1. The van der Waals surface area contributed by atoms with E-state index in [2.05, 4.69) is 25.5 Å². The van der Waals surface area contributed by atoms with Gasteiger partial charge in [-0.05, 0) is 29.3 Å². The number of methoxy groups -OCH3 is 1. The third-order valence-corrected chi connectivity index (χ3v) is 7.37. The van der Waals surface area contributed by atoms with Gasteiger partial charge in [-0.25, -0.2) is 10.2 Å². The Morgan fingerprint density at radius 2 is 1.84 bits per heavy atom. The number of esters is 1. The lowest BCUT2D eigenvalue weighted by molar-refractivity contribution is -0.118. The van der Waals surface area contributed by atoms with Crippen molar-refractivity contribution in [2.24, 2.45) is 5.10 Å². The molecule has 0 spiro atoms. The van der Waals surface area contributed by atoms with Gasteiger partial charge in [0.25, 0.3) is 5.91 Å². The molecule has 3 rings (SSSR count). The van der Waals surface area contributed by atoms with Gasteiger partial charge in [-0.15, -0.1) is 10.2 Å². The highest BCUT2D eigenvalue weighted by Crippen LogP contribution is 2.32. The predicted molar refractivity (Wildman–Crippen MR) is 125 cm³/mol. The number of halogens is 1. The van der Waals surface area contributed by atoms with Gasteiger partial charge in [0.2, 0.25) is 0 Å². The van der Waals surface area contributed by atoms with E-state index in [0.717, 1.165) is 20.5 Å². The van der Waals surface area contributed by atoms with Crippen molar-refractivity contribution < 1.29 is 14.3 Å². The Morgan fingerprint density at radius 1 is 1.13 bits per heavy atom. The van der Waals surface area contributed by atoms with Crippen molar-refractivity contribution in [3.05, 3.63) is 70.2 Å². The van der Waals surface area contributed by atoms with Gasteiger partial charge >= 0.3 is 5.97 Å². The molecule has 2 aromatic carbocycles. The molecular formula is C20H17ClN4O3S3. The lowest BCUT2D eigenvalue weighted by atomic mass is 10.1. The highest BCUT2D eigenvalue weighted by molar-refractivity contribution is 8.03. The van der Waals surface area contributed by atoms with Crippen LogP contribution in [0, 0.1) is 0 Å². The number of carbonyl (C=O) groups is 2. The fourth-order valence-corrected chi connectivity index (χ4v) is 5.33. The molecule has 0 aliphatic carbocycles. The summed E-state index contributed by atoms with van der Waals surface area (Å²) in [4.78, 5) is 23.4. The van der Waals surface area contributed by atoms with Crippen molar-refractivity contribution in [1.29, 1.82) is 0 Å². The van der Waals surface area contributed by atoms with E-state index in [0.29, 0.717) is 15.7 Å². The standard InChI is InChI=1S/C20H17ClN4O3S3/c1-28-18(27)14-8-6-13(7-9-14)10-22-23-17(26)12-30-20-25-24-19(31-20)29-11-15-4-2-3-5-16(15)21/h2-10H,11-12H2,1H3,(H,23,26)/b22-10-. The zero-order chi connectivity index (χ0) is 22.1. The third kappa shape index (κ3) is 7.35. The summed E-state index contributed by atoms with van der Waals surface area (Å²) in [7, 11) is 1.33. The van der Waals surface area contributed by atoms with E-state index in [-0.39, 0.29) is 11.7 Å². The molecule has 160 valence electrons. The minimum atomic E-state index is -0.407. The monoisotopic (exact) mass is 492 g/mol. The molecule has 0 aliphatic heterocycles. The summed E-state index contributed by atoms with van der Waals surface area (Å²) in [6, 6.07) is 14.3. The maximum absolute atomic E-state index is 12.0. The van der Waals surface area contributed by atoms with Crippen molar-refractivity contribution in [1.82, 2.24) is 15.6 Å². The predicted octanol–water partition coefficient (Wildman–Crippen LogP) is 4.51. The van der Waals surface area contributed by atoms with Crippen molar-refractivity contribution in [3.63, 3.8) is 0 Å². The fourth-order valence-electron chi connectivity index (χ4n) is 2.23. The van der Waals surface area contributed by atoms with E-state index < -0.39 is 5.97 Å². The van der Waals surface area contributed by atoms with Crippen molar-refractivity contribution >= 4 is 64.6 Å². The summed E-state index contributed by atoms with van der Waals surface area (Å²) >= 11 is 10.4. The first kappa shape index (κ1) is 23.3. The molecule has 0 unspecified atom stereocenters. The molecule has 1 amide bonds. The number of hydrazone groups is 1. The Hall–Kier alpha value is -2.40. The minimum Gasteiger partial charge on any atom is -0.465 e. The van der Waals surface area contributed by atoms with E-state index >= 15 is 0 Å². The van der Waals surface area contributed by atoms with Gasteiger partial charge in [-0.1, -0.05) is 76.8 Å². The summed E-state index contributed by atoms with van der Waals surface area (Å²) in [6.45, 7) is 0. The van der Waals surface area contributed by atoms with Crippen LogP contribution in [0.25, 0.3) is 0 Å². The van der Waals surface area contributed by atoms with Crippen LogP contribution in [-0.2, 0) is 15.3 Å². The summed E-state index contributed by atoms with van der Waals surface area (Å²) in [5, 5.41) is 12.9. The van der Waals surface area contributed by atoms with E-state index in [9.17, 15) is 9.59 Å². The molecule has 7 nitrogen and oxygen atoms in total. The van der Waals surface area contributed by atoms with Crippen molar-refractivity contribution in [3.8, 4) is 0 Å². The molecule has 0 saturated carbocycles. The number of benzene rings is 2. The van der Waals surface area contributed by atoms with Crippen molar-refractivity contribution in [2.45, 2.75) is 14.4 Å². The number of aromatic nitrogens is 2. The summed E-state index contributed by atoms with van der Waals surface area (Å²) in [5.41, 5.74) is 4.69. The van der Waals surface area contributed by atoms with Gasteiger partial charge in [0.05, 0.1) is 24.6 Å². The number of hydrogen-bond acceptors (Lipinski definition) is 9. The molecule has 0 bridgehead atoms. The molecule has 1 aromatic heterocycles. The number of nitrogens with zero attached hydrogens (tertiary/aromatic N) is 3. The molecule has 1 heterocycles. The molecule has 31 heavy (non-hydrogen) atoms. The van der Waals surface area contributed by atoms with Crippen LogP contribution in [0.4, 0.5) is 0 Å². The van der Waals surface area contributed by atoms with Gasteiger partial charge in [0.15, 0.2) is 8.68 Å². The van der Waals surface area contributed by atoms with E-state index in [4.69, 9.17) is 11.6 Å². The Labute approximate surface area is 196 Å². The van der Waals surface area contributed by atoms with Gasteiger partial charge in [-0.3, -0.25) is 4.79 Å². The maximum Gasteiger partial charge on any atom is 0.337 e. The Bertz CT molecular complexity index is 1070. The first-order valence-corrected chi connectivity index (χ1v) is 12.0. The first-order chi connectivity index (χ1) is 15.0. The van der Waals surface area contributed by atoms with Gasteiger partial charge in [-0.2, -0.15) is 5.10 Å². The number of nitrogens with one attached hydrogen (secondary N) is 1. The second kappa shape index (κ2) is 11.8. The van der Waals surface area contributed by atoms with E-state index in [1.165, 1.54) is 36.4 Å². The highest BCUT2D eigenvalue weighted by Gasteiger charge is 2.09. The number of rotatable bonds is 9. The number of carbonyl (C=O) groups excluding carboxylic acids is 2. The molecule has 0 atom stereocenters. The second-order valence-electron chi connectivity index (χ2n) is 5.91. The zero-order valence-electron chi connectivity index (χ0n) is 16.3. The zero-order valence-corrected chi connectivity index (χ0v) is 19.5. The third-order valence-electron chi connectivity index (χ3n) is 3.76. The van der Waals surface area contributed by atoms with Crippen molar-refractivity contribution in [2.75, 3.05) is 12.9 Å². The normalized spacial score (nSPS) is 10.9. The van der Waals surface area contributed by atoms with Crippen LogP contribution in [0.1, 0.15) is 21.5 Å². The summed E-state index contributed by atoms with van der Waals surface area (Å²) < 4.78 is 6.17. The molecule has 3 aromatic rings. The molecule has 0 saturated heterocycles. The first-order valence-electron chi connectivity index (χ1n) is 8.88. The summed E-state index contributed by atoms with van der Waals surface area (Å²) in [5.74, 6) is 0.209. The fraction of sp³-hybridized carbons (Fsp3) is 0.150. The average molecular weight is 493 g/mol. The number of thioether (sulfide) groups is 2. The van der Waals surface area contributed by atoms with Crippen LogP contribution >= 0.6 is 46.5 Å². The lowest BCUT2D eigenvalue weighted by Crippen LogP contribution is -2.19. The molecule has 11 heteroatoms. The Balaban J connectivity index is 1.41. The Kier molecular flexibility index (Phi) is 8.89. The SMILES string of the molecule is COC(=O)c1ccc(/C=N\NC(=O)CSc2nnc(SCc3ccccc3Cl)s2)cc1. The van der Waals surface area contributed by atoms with Crippen LogP contribution in [0.15, 0.2) is 62.3 Å². The van der Waals surface area contributed by atoms with Gasteiger partial charge in [0.1, 0.15) is 0 Å².